The Hall–Kier alpha value is -3.48. The van der Waals surface area contributed by atoms with E-state index in [2.05, 4.69) is 48.5 Å². The van der Waals surface area contributed by atoms with E-state index in [0.29, 0.717) is 17.2 Å². The Morgan fingerprint density at radius 3 is 1.11 bits per heavy atom. The quantitative estimate of drug-likeness (QED) is 0.131. The first-order valence-corrected chi connectivity index (χ1v) is 12.7. The average molecular weight is 566 g/mol. The van der Waals surface area contributed by atoms with Crippen LogP contribution >= 0.6 is 8.60 Å². The summed E-state index contributed by atoms with van der Waals surface area (Å²) in [5, 5.41) is 0. The Kier molecular flexibility index (Phi) is 17.6. The van der Waals surface area contributed by atoms with E-state index in [9.17, 15) is 0 Å². The molecule has 5 rings (SSSR count). The summed E-state index contributed by atoms with van der Waals surface area (Å²) in [5.74, 6) is 2.13. The maximum Gasteiger partial charge on any atom is 0.530 e. The molecule has 0 aliphatic carbocycles. The number of rotatable bonds is 7. The van der Waals surface area contributed by atoms with Crippen molar-refractivity contribution in [1.29, 1.82) is 0 Å². The molecule has 194 valence electrons. The summed E-state index contributed by atoms with van der Waals surface area (Å²) in [6.07, 6.45) is 2.71. The van der Waals surface area contributed by atoms with Crippen molar-refractivity contribution in [3.05, 3.63) is 135 Å². The molecule has 0 spiro atoms. The third kappa shape index (κ3) is 12.2. The summed E-state index contributed by atoms with van der Waals surface area (Å²) in [6.45, 7) is 11.5. The molecule has 0 N–H and O–H groups in total. The predicted octanol–water partition coefficient (Wildman–Crippen LogP) is 7.66. The number of hydrogen-bond acceptors (Lipinski definition) is 4. The summed E-state index contributed by atoms with van der Waals surface area (Å²) in [7, 11) is -1.59. The SMILES string of the molecule is [C-]#[O+].[C-]#[O+].[Cr].c1ccc(N2CCCC2)cc1.c1ccc(OP(Oc2ccccc2)Oc2ccccc2)cc1. The summed E-state index contributed by atoms with van der Waals surface area (Å²) < 4.78 is 32.5. The molecule has 0 saturated carbocycles. The zero-order valence-electron chi connectivity index (χ0n) is 20.7. The topological polar surface area (TPSA) is 70.7 Å². The first kappa shape index (κ1) is 32.6. The van der Waals surface area contributed by atoms with Crippen LogP contribution in [0.15, 0.2) is 121 Å². The van der Waals surface area contributed by atoms with Gasteiger partial charge in [-0.3, -0.25) is 0 Å². The standard InChI is InChI=1S/C18H15O3P.C10H13N.2CO.Cr/c1-4-10-16(11-5-1)19-22(20-17-12-6-2-7-13-17)21-18-14-8-3-9-15-18;1-2-6-10(7-3-1)11-8-4-5-9-11;2*1-2;/h1-15H;1-3,6-7H,4-5,8-9H2;;;. The molecule has 1 fully saturated rings. The molecule has 38 heavy (non-hydrogen) atoms. The molecular weight excluding hydrogens is 537 g/mol. The Labute approximate surface area is 236 Å². The van der Waals surface area contributed by atoms with E-state index in [-0.39, 0.29) is 17.4 Å². The molecule has 0 amide bonds. The van der Waals surface area contributed by atoms with Crippen LogP contribution in [0.2, 0.25) is 0 Å². The molecule has 0 unspecified atom stereocenters. The fourth-order valence-corrected chi connectivity index (χ4v) is 4.37. The second kappa shape index (κ2) is 20.6. The Bertz CT molecular complexity index is 1040. The van der Waals surface area contributed by atoms with Crippen LogP contribution in [-0.2, 0) is 26.7 Å². The molecule has 4 aromatic carbocycles. The van der Waals surface area contributed by atoms with E-state index in [1.165, 1.54) is 31.6 Å². The monoisotopic (exact) mass is 565 g/mol. The van der Waals surface area contributed by atoms with E-state index >= 15 is 0 Å². The minimum absolute atomic E-state index is 0. The first-order chi connectivity index (χ1) is 18.4. The van der Waals surface area contributed by atoms with Crippen LogP contribution in [0.5, 0.6) is 17.2 Å². The molecule has 1 aliphatic rings. The van der Waals surface area contributed by atoms with Gasteiger partial charge in [0.15, 0.2) is 0 Å². The fraction of sp³-hybridized carbons (Fsp3) is 0.133. The second-order valence-corrected chi connectivity index (χ2v) is 8.46. The summed E-state index contributed by atoms with van der Waals surface area (Å²) >= 11 is 0. The van der Waals surface area contributed by atoms with Gasteiger partial charge in [-0.25, -0.2) is 0 Å². The van der Waals surface area contributed by atoms with Crippen molar-refractivity contribution >= 4 is 14.3 Å². The van der Waals surface area contributed by atoms with Gasteiger partial charge in [-0.15, -0.1) is 0 Å². The fourth-order valence-electron chi connectivity index (χ4n) is 3.37. The largest absolute Gasteiger partial charge is 0.530 e. The van der Waals surface area contributed by atoms with Crippen LogP contribution < -0.4 is 18.5 Å². The van der Waals surface area contributed by atoms with Gasteiger partial charge in [0, 0.05) is 36.1 Å². The van der Waals surface area contributed by atoms with Crippen molar-refractivity contribution in [2.45, 2.75) is 12.8 Å². The maximum atomic E-state index is 7.50. The van der Waals surface area contributed by atoms with Gasteiger partial charge >= 0.3 is 31.2 Å². The summed E-state index contributed by atoms with van der Waals surface area (Å²) in [5.41, 5.74) is 1.38. The van der Waals surface area contributed by atoms with Gasteiger partial charge in [0.25, 0.3) is 0 Å². The van der Waals surface area contributed by atoms with E-state index < -0.39 is 8.60 Å². The van der Waals surface area contributed by atoms with E-state index in [0.717, 1.165) is 0 Å². The first-order valence-electron chi connectivity index (χ1n) is 11.6. The van der Waals surface area contributed by atoms with Crippen LogP contribution in [-0.4, -0.2) is 13.1 Å². The van der Waals surface area contributed by atoms with Gasteiger partial charge in [-0.1, -0.05) is 72.8 Å². The van der Waals surface area contributed by atoms with Crippen molar-refractivity contribution in [1.82, 2.24) is 0 Å². The van der Waals surface area contributed by atoms with Gasteiger partial charge in [0.2, 0.25) is 0 Å². The molecule has 0 aromatic heterocycles. The van der Waals surface area contributed by atoms with Gasteiger partial charge in [-0.2, -0.15) is 0 Å². The molecule has 4 aromatic rings. The molecule has 6 nitrogen and oxygen atoms in total. The number of anilines is 1. The van der Waals surface area contributed by atoms with Crippen LogP contribution in [0.4, 0.5) is 5.69 Å². The number of benzene rings is 4. The molecule has 0 atom stereocenters. The van der Waals surface area contributed by atoms with Crippen molar-refractivity contribution in [3.8, 4) is 17.2 Å². The molecule has 0 radical (unpaired) electrons. The number of para-hydroxylation sites is 4. The maximum absolute atomic E-state index is 7.50. The Morgan fingerprint density at radius 2 is 0.789 bits per heavy atom. The smallest absolute Gasteiger partial charge is 0.409 e. The number of hydrogen-bond donors (Lipinski definition) is 0. The van der Waals surface area contributed by atoms with E-state index in [4.69, 9.17) is 22.9 Å². The Balaban J connectivity index is 0.000000380. The minimum atomic E-state index is -1.59. The molecule has 8 heteroatoms. The van der Waals surface area contributed by atoms with E-state index in [1.54, 1.807) is 0 Å². The molecule has 1 saturated heterocycles. The van der Waals surface area contributed by atoms with Crippen LogP contribution in [0, 0.1) is 13.3 Å². The zero-order valence-corrected chi connectivity index (χ0v) is 22.9. The second-order valence-electron chi connectivity index (χ2n) is 7.47. The van der Waals surface area contributed by atoms with Gasteiger partial charge in [0.1, 0.15) is 17.2 Å². The van der Waals surface area contributed by atoms with Crippen LogP contribution in [0.25, 0.3) is 0 Å². The van der Waals surface area contributed by atoms with Crippen molar-refractivity contribution in [2.24, 2.45) is 0 Å². The van der Waals surface area contributed by atoms with Crippen molar-refractivity contribution in [2.75, 3.05) is 18.0 Å². The summed E-state index contributed by atoms with van der Waals surface area (Å²) in [6, 6.07) is 39.2. The van der Waals surface area contributed by atoms with Gasteiger partial charge in [0.05, 0.1) is 0 Å². The zero-order chi connectivity index (χ0) is 26.6. The summed E-state index contributed by atoms with van der Waals surface area (Å²) in [4.78, 5) is 2.44. The minimum Gasteiger partial charge on any atom is -0.409 e. The molecule has 1 heterocycles. The average Bonchev–Trinajstić information content (AvgIpc) is 3.53. The van der Waals surface area contributed by atoms with Gasteiger partial charge < -0.3 is 18.5 Å². The predicted molar refractivity (Wildman–Crippen MR) is 144 cm³/mol. The van der Waals surface area contributed by atoms with Crippen molar-refractivity contribution in [3.63, 3.8) is 0 Å². The van der Waals surface area contributed by atoms with Crippen molar-refractivity contribution < 1.29 is 40.2 Å². The normalized spacial score (nSPS) is 11.0. The Morgan fingerprint density at radius 1 is 0.500 bits per heavy atom. The molecule has 0 bridgehead atoms. The number of nitrogens with zero attached hydrogens (tertiary/aromatic N) is 1. The van der Waals surface area contributed by atoms with Gasteiger partial charge in [-0.05, 0) is 61.4 Å². The van der Waals surface area contributed by atoms with E-state index in [1.807, 2.05) is 91.0 Å². The molecular formula is C30H28CrNO5P. The van der Waals surface area contributed by atoms with Crippen LogP contribution in [0.1, 0.15) is 12.8 Å². The third-order valence-corrected chi connectivity index (χ3v) is 6.08. The third-order valence-electron chi connectivity index (χ3n) is 5.00. The molecule has 1 aliphatic heterocycles. The van der Waals surface area contributed by atoms with Crippen LogP contribution in [0.3, 0.4) is 0 Å².